The summed E-state index contributed by atoms with van der Waals surface area (Å²) in [6.07, 6.45) is 1.90. The summed E-state index contributed by atoms with van der Waals surface area (Å²) in [7, 11) is 0. The van der Waals surface area contributed by atoms with E-state index in [1.807, 2.05) is 47.4 Å². The number of hydrogen-bond donors (Lipinski definition) is 0. The second-order valence-electron chi connectivity index (χ2n) is 9.34. The number of hydrogen-bond acceptors (Lipinski definition) is 6. The number of piperidine rings is 1. The van der Waals surface area contributed by atoms with Crippen molar-refractivity contribution in [1.82, 2.24) is 19.9 Å². The van der Waals surface area contributed by atoms with Crippen LogP contribution < -0.4 is 4.90 Å². The molecule has 1 amide bonds. The number of carbonyl (C=O) groups excluding carboxylic acids is 1. The van der Waals surface area contributed by atoms with Gasteiger partial charge in [-0.1, -0.05) is 34.4 Å². The molecule has 0 aliphatic carbocycles. The molecular weight excluding hydrogens is 485 g/mol. The lowest BCUT2D eigenvalue weighted by Crippen LogP contribution is -2.52. The first-order valence-corrected chi connectivity index (χ1v) is 12.8. The summed E-state index contributed by atoms with van der Waals surface area (Å²) in [5.41, 5.74) is 3.23. The molecule has 2 fully saturated rings. The Morgan fingerprint density at radius 2 is 1.77 bits per heavy atom. The highest BCUT2D eigenvalue weighted by molar-refractivity contribution is 6.31. The van der Waals surface area contributed by atoms with Crippen molar-refractivity contribution < 1.29 is 9.32 Å². The van der Waals surface area contributed by atoms with Gasteiger partial charge in [-0.2, -0.15) is 4.98 Å². The van der Waals surface area contributed by atoms with Crippen molar-refractivity contribution in [2.75, 3.05) is 44.2 Å². The van der Waals surface area contributed by atoms with E-state index in [1.165, 1.54) is 5.56 Å². The topological polar surface area (TPSA) is 65.7 Å². The van der Waals surface area contributed by atoms with E-state index in [-0.39, 0.29) is 11.8 Å². The molecule has 0 spiro atoms. The molecular formula is C26H29Cl2N5O2. The van der Waals surface area contributed by atoms with E-state index in [9.17, 15) is 4.79 Å². The van der Waals surface area contributed by atoms with Crippen LogP contribution >= 0.6 is 23.2 Å². The highest BCUT2D eigenvalue weighted by Crippen LogP contribution is 2.27. The number of benzene rings is 2. The Balaban J connectivity index is 1.16. The molecule has 5 rings (SSSR count). The standard InChI is InChI=1S/C26H29Cl2N5O2/c1-18-4-7-22(28)15-23(18)32-11-13-33(14-12-32)26(34)20-3-2-10-31(16-20)17-24-29-25(30-35-24)19-5-8-21(27)9-6-19/h4-9,15,20H,2-3,10-14,16-17H2,1H3. The number of halogens is 2. The summed E-state index contributed by atoms with van der Waals surface area (Å²) in [6.45, 7) is 7.38. The first-order valence-electron chi connectivity index (χ1n) is 12.1. The number of aromatic nitrogens is 2. The molecule has 2 aliphatic heterocycles. The third kappa shape index (κ3) is 5.63. The van der Waals surface area contributed by atoms with Gasteiger partial charge in [0.25, 0.3) is 0 Å². The highest BCUT2D eigenvalue weighted by atomic mass is 35.5. The van der Waals surface area contributed by atoms with Crippen molar-refractivity contribution in [2.45, 2.75) is 26.3 Å². The summed E-state index contributed by atoms with van der Waals surface area (Å²) in [5.74, 6) is 1.37. The smallest absolute Gasteiger partial charge is 0.241 e. The van der Waals surface area contributed by atoms with Crippen LogP contribution in [0.1, 0.15) is 24.3 Å². The molecule has 0 radical (unpaired) electrons. The normalized spacial score (nSPS) is 19.2. The molecule has 7 nitrogen and oxygen atoms in total. The first-order chi connectivity index (χ1) is 17.0. The number of nitrogens with zero attached hydrogens (tertiary/aromatic N) is 5. The quantitative estimate of drug-likeness (QED) is 0.482. The Hall–Kier alpha value is -2.61. The van der Waals surface area contributed by atoms with E-state index in [0.717, 1.165) is 61.8 Å². The Morgan fingerprint density at radius 3 is 2.54 bits per heavy atom. The minimum Gasteiger partial charge on any atom is -0.368 e. The van der Waals surface area contributed by atoms with Crippen molar-refractivity contribution in [3.63, 3.8) is 0 Å². The van der Waals surface area contributed by atoms with Gasteiger partial charge in [0.05, 0.1) is 12.5 Å². The van der Waals surface area contributed by atoms with Crippen LogP contribution in [0.2, 0.25) is 10.0 Å². The number of aryl methyl sites for hydroxylation is 1. The van der Waals surface area contributed by atoms with Crippen LogP contribution in [-0.4, -0.2) is 65.1 Å². The van der Waals surface area contributed by atoms with Gasteiger partial charge in [-0.3, -0.25) is 9.69 Å². The third-order valence-electron chi connectivity index (χ3n) is 6.89. The summed E-state index contributed by atoms with van der Waals surface area (Å²) in [6, 6.07) is 13.4. The van der Waals surface area contributed by atoms with Gasteiger partial charge in [0.2, 0.25) is 17.6 Å². The zero-order chi connectivity index (χ0) is 24.4. The molecule has 0 bridgehead atoms. The van der Waals surface area contributed by atoms with Crippen LogP contribution in [0.25, 0.3) is 11.4 Å². The van der Waals surface area contributed by atoms with Crippen LogP contribution in [0.5, 0.6) is 0 Å². The maximum Gasteiger partial charge on any atom is 0.241 e. The number of amides is 1. The van der Waals surface area contributed by atoms with Crippen LogP contribution in [0.15, 0.2) is 47.0 Å². The zero-order valence-corrected chi connectivity index (χ0v) is 21.3. The van der Waals surface area contributed by atoms with Crippen LogP contribution in [0.4, 0.5) is 5.69 Å². The molecule has 2 aromatic carbocycles. The monoisotopic (exact) mass is 513 g/mol. The zero-order valence-electron chi connectivity index (χ0n) is 19.8. The predicted octanol–water partition coefficient (Wildman–Crippen LogP) is 4.91. The highest BCUT2D eigenvalue weighted by Gasteiger charge is 2.32. The van der Waals surface area contributed by atoms with Gasteiger partial charge < -0.3 is 14.3 Å². The van der Waals surface area contributed by atoms with Gasteiger partial charge in [-0.05, 0) is 68.3 Å². The van der Waals surface area contributed by atoms with Crippen molar-refractivity contribution in [3.05, 3.63) is 64.0 Å². The Labute approximate surface area is 215 Å². The van der Waals surface area contributed by atoms with Crippen molar-refractivity contribution in [2.24, 2.45) is 5.92 Å². The van der Waals surface area contributed by atoms with E-state index in [4.69, 9.17) is 27.7 Å². The summed E-state index contributed by atoms with van der Waals surface area (Å²) in [5, 5.41) is 5.52. The number of carbonyl (C=O) groups is 1. The maximum atomic E-state index is 13.3. The number of rotatable bonds is 5. The lowest BCUT2D eigenvalue weighted by molar-refractivity contribution is -0.137. The van der Waals surface area contributed by atoms with Crippen LogP contribution in [0, 0.1) is 12.8 Å². The average molecular weight is 514 g/mol. The summed E-state index contributed by atoms with van der Waals surface area (Å²) >= 11 is 12.2. The molecule has 1 unspecified atom stereocenters. The number of anilines is 1. The minimum absolute atomic E-state index is 0.00172. The van der Waals surface area contributed by atoms with Crippen molar-refractivity contribution >= 4 is 34.8 Å². The van der Waals surface area contributed by atoms with E-state index >= 15 is 0 Å². The summed E-state index contributed by atoms with van der Waals surface area (Å²) in [4.78, 5) is 24.5. The minimum atomic E-state index is 0.00172. The fourth-order valence-electron chi connectivity index (χ4n) is 4.98. The SMILES string of the molecule is Cc1ccc(Cl)cc1N1CCN(C(=O)C2CCCN(Cc3nc(-c4ccc(Cl)cc4)no3)C2)CC1. The largest absolute Gasteiger partial charge is 0.368 e. The second kappa shape index (κ2) is 10.6. The van der Waals surface area contributed by atoms with Crippen molar-refractivity contribution in [1.29, 1.82) is 0 Å². The van der Waals surface area contributed by atoms with Gasteiger partial charge in [0.15, 0.2) is 0 Å². The predicted molar refractivity (Wildman–Crippen MR) is 138 cm³/mol. The van der Waals surface area contributed by atoms with Crippen LogP contribution in [0.3, 0.4) is 0 Å². The lowest BCUT2D eigenvalue weighted by Gasteiger charge is -2.40. The third-order valence-corrected chi connectivity index (χ3v) is 7.37. The number of piperazine rings is 1. The fourth-order valence-corrected chi connectivity index (χ4v) is 5.27. The molecule has 0 N–H and O–H groups in total. The summed E-state index contributed by atoms with van der Waals surface area (Å²) < 4.78 is 5.49. The molecule has 1 aromatic heterocycles. The number of likely N-dealkylation sites (tertiary alicyclic amines) is 1. The van der Waals surface area contributed by atoms with E-state index in [1.54, 1.807) is 0 Å². The molecule has 2 saturated heterocycles. The van der Waals surface area contributed by atoms with Gasteiger partial charge in [-0.15, -0.1) is 0 Å². The Bertz CT molecular complexity index is 1170. The first kappa shape index (κ1) is 24.1. The Kier molecular flexibility index (Phi) is 7.27. The molecule has 0 saturated carbocycles. The lowest BCUT2D eigenvalue weighted by atomic mass is 9.96. The van der Waals surface area contributed by atoms with E-state index in [0.29, 0.717) is 29.8 Å². The average Bonchev–Trinajstić information content (AvgIpc) is 3.34. The van der Waals surface area contributed by atoms with Gasteiger partial charge in [0, 0.05) is 54.0 Å². The van der Waals surface area contributed by atoms with E-state index in [2.05, 4.69) is 26.9 Å². The van der Waals surface area contributed by atoms with Gasteiger partial charge in [-0.25, -0.2) is 0 Å². The maximum absolute atomic E-state index is 13.3. The molecule has 1 atom stereocenters. The molecule has 35 heavy (non-hydrogen) atoms. The second-order valence-corrected chi connectivity index (χ2v) is 10.2. The molecule has 3 heterocycles. The molecule has 9 heteroatoms. The molecule has 184 valence electrons. The van der Waals surface area contributed by atoms with E-state index < -0.39 is 0 Å². The molecule has 2 aliphatic rings. The van der Waals surface area contributed by atoms with Gasteiger partial charge in [0.1, 0.15) is 0 Å². The molecule has 3 aromatic rings. The van der Waals surface area contributed by atoms with Gasteiger partial charge >= 0.3 is 0 Å². The van der Waals surface area contributed by atoms with Crippen molar-refractivity contribution in [3.8, 4) is 11.4 Å². The Morgan fingerprint density at radius 1 is 1.03 bits per heavy atom. The van der Waals surface area contributed by atoms with Crippen LogP contribution in [-0.2, 0) is 11.3 Å². The fraction of sp³-hybridized carbons (Fsp3) is 0.423.